The molecule has 0 unspecified atom stereocenters. The molecule has 1 aromatic carbocycles. The average molecular weight is 428 g/mol. The molecular formula is C23H30FN5S. The molecule has 0 amide bonds. The molecule has 7 heteroatoms. The first-order valence-electron chi connectivity index (χ1n) is 10.3. The van der Waals surface area contributed by atoms with Crippen LogP contribution in [-0.2, 0) is 0 Å². The van der Waals surface area contributed by atoms with Crippen LogP contribution in [0.4, 0.5) is 10.1 Å². The predicted octanol–water partition coefficient (Wildman–Crippen LogP) is 6.04. The van der Waals surface area contributed by atoms with E-state index in [2.05, 4.69) is 20.3 Å². The first kappa shape index (κ1) is 23.6. The van der Waals surface area contributed by atoms with Gasteiger partial charge < -0.3 is 11.1 Å². The van der Waals surface area contributed by atoms with Crippen molar-refractivity contribution in [2.45, 2.75) is 55.7 Å². The lowest BCUT2D eigenvalue weighted by molar-refractivity contribution is 0.602. The third kappa shape index (κ3) is 7.30. The van der Waals surface area contributed by atoms with Crippen LogP contribution in [0.3, 0.4) is 0 Å². The number of halogens is 1. The van der Waals surface area contributed by atoms with Crippen LogP contribution in [0.2, 0.25) is 0 Å². The molecule has 160 valence electrons. The number of rotatable bonds is 4. The fourth-order valence-electron chi connectivity index (χ4n) is 2.94. The standard InChI is InChI=1S/C21H24FN5S.C2H6/c1-24-21(23)27-19-6-4-2-3-5-15(19)14-26-16-7-8-20(18(22)13-16)28-17-9-11-25-12-10-17;1-2/h7-14,26H,2-6H2,1H3,(H2,23,24);1-2H3/b15-14+,27-19-;. The lowest BCUT2D eigenvalue weighted by Crippen LogP contribution is -2.13. The summed E-state index contributed by atoms with van der Waals surface area (Å²) in [6, 6.07) is 8.89. The highest BCUT2D eigenvalue weighted by Crippen LogP contribution is 2.31. The van der Waals surface area contributed by atoms with E-state index in [9.17, 15) is 4.39 Å². The van der Waals surface area contributed by atoms with Gasteiger partial charge in [0, 0.05) is 46.8 Å². The molecule has 0 aliphatic heterocycles. The molecule has 0 spiro atoms. The van der Waals surface area contributed by atoms with Crippen molar-refractivity contribution in [3.8, 4) is 0 Å². The third-order valence-electron chi connectivity index (χ3n) is 4.43. The zero-order valence-electron chi connectivity index (χ0n) is 17.9. The molecular weight excluding hydrogens is 397 g/mol. The number of hydrogen-bond donors (Lipinski definition) is 2. The fourth-order valence-corrected chi connectivity index (χ4v) is 3.74. The third-order valence-corrected chi connectivity index (χ3v) is 5.49. The largest absolute Gasteiger partial charge is 0.368 e. The maximum absolute atomic E-state index is 14.5. The number of anilines is 1. The van der Waals surface area contributed by atoms with Gasteiger partial charge in [0.05, 0.1) is 0 Å². The van der Waals surface area contributed by atoms with Crippen molar-refractivity contribution >= 4 is 29.1 Å². The Kier molecular flexibility index (Phi) is 10.1. The van der Waals surface area contributed by atoms with E-state index in [1.807, 2.05) is 38.2 Å². The average Bonchev–Trinajstić information content (AvgIpc) is 3.01. The van der Waals surface area contributed by atoms with Gasteiger partial charge in [-0.1, -0.05) is 32.0 Å². The van der Waals surface area contributed by atoms with Gasteiger partial charge >= 0.3 is 0 Å². The molecule has 3 N–H and O–H groups in total. The van der Waals surface area contributed by atoms with E-state index in [-0.39, 0.29) is 11.8 Å². The number of guanidine groups is 1. The summed E-state index contributed by atoms with van der Waals surface area (Å²) < 4.78 is 14.5. The van der Waals surface area contributed by atoms with Gasteiger partial charge in [0.25, 0.3) is 0 Å². The molecule has 0 atom stereocenters. The summed E-state index contributed by atoms with van der Waals surface area (Å²) in [5, 5.41) is 3.21. The Morgan fingerprint density at radius 2 is 1.87 bits per heavy atom. The fraction of sp³-hybridized carbons (Fsp3) is 0.348. The minimum absolute atomic E-state index is 0.262. The Balaban J connectivity index is 0.00000155. The van der Waals surface area contributed by atoms with Gasteiger partial charge in [-0.3, -0.25) is 9.98 Å². The maximum atomic E-state index is 14.5. The molecule has 0 saturated heterocycles. The van der Waals surface area contributed by atoms with Crippen LogP contribution >= 0.6 is 11.8 Å². The number of pyridine rings is 1. The molecule has 0 bridgehead atoms. The van der Waals surface area contributed by atoms with E-state index in [0.717, 1.165) is 48.3 Å². The normalized spacial score (nSPS) is 17.3. The van der Waals surface area contributed by atoms with E-state index in [4.69, 9.17) is 5.73 Å². The number of aliphatic imine (C=N–C) groups is 2. The number of aromatic nitrogens is 1. The van der Waals surface area contributed by atoms with Crippen LogP contribution < -0.4 is 11.1 Å². The highest BCUT2D eigenvalue weighted by Gasteiger charge is 2.13. The second kappa shape index (κ2) is 12.8. The number of nitrogens with one attached hydrogen (secondary N) is 1. The molecule has 1 aromatic heterocycles. The maximum Gasteiger partial charge on any atom is 0.215 e. The topological polar surface area (TPSA) is 75.7 Å². The molecule has 5 nitrogen and oxygen atoms in total. The first-order valence-corrected chi connectivity index (χ1v) is 11.1. The summed E-state index contributed by atoms with van der Waals surface area (Å²) in [5.74, 6) is 0.0219. The van der Waals surface area contributed by atoms with Crippen LogP contribution in [0.1, 0.15) is 46.0 Å². The Labute approximate surface area is 182 Å². The van der Waals surface area contributed by atoms with Crippen LogP contribution in [0.5, 0.6) is 0 Å². The molecule has 1 saturated carbocycles. The van der Waals surface area contributed by atoms with E-state index in [0.29, 0.717) is 10.6 Å². The van der Waals surface area contributed by atoms with Gasteiger partial charge in [-0.25, -0.2) is 9.38 Å². The van der Waals surface area contributed by atoms with Gasteiger partial charge in [-0.15, -0.1) is 0 Å². The number of nitrogens with two attached hydrogens (primary N) is 1. The summed E-state index contributed by atoms with van der Waals surface area (Å²) in [7, 11) is 1.63. The van der Waals surface area contributed by atoms with E-state index < -0.39 is 0 Å². The van der Waals surface area contributed by atoms with Crippen molar-refractivity contribution in [1.82, 2.24) is 4.98 Å². The smallest absolute Gasteiger partial charge is 0.215 e. The molecule has 1 heterocycles. The van der Waals surface area contributed by atoms with E-state index in [1.165, 1.54) is 17.8 Å². The lowest BCUT2D eigenvalue weighted by Gasteiger charge is -2.10. The van der Waals surface area contributed by atoms with Crippen LogP contribution in [-0.4, -0.2) is 23.7 Å². The van der Waals surface area contributed by atoms with Crippen molar-refractivity contribution in [3.63, 3.8) is 0 Å². The SMILES string of the molecule is CC.CN=C(N)/N=C1/CCCCC/C1=C\Nc1ccc(Sc2ccncc2)c(F)c1. The summed E-state index contributed by atoms with van der Waals surface area (Å²) in [5.41, 5.74) is 8.54. The van der Waals surface area contributed by atoms with Gasteiger partial charge in [0.15, 0.2) is 0 Å². The molecule has 1 aliphatic rings. The second-order valence-electron chi connectivity index (χ2n) is 6.45. The number of allylic oxidation sites excluding steroid dienone is 1. The predicted molar refractivity (Wildman–Crippen MR) is 126 cm³/mol. The highest BCUT2D eigenvalue weighted by molar-refractivity contribution is 7.99. The summed E-state index contributed by atoms with van der Waals surface area (Å²) >= 11 is 1.38. The Morgan fingerprint density at radius 3 is 2.57 bits per heavy atom. The Bertz CT molecular complexity index is 894. The minimum atomic E-state index is -0.262. The van der Waals surface area contributed by atoms with Crippen molar-refractivity contribution in [1.29, 1.82) is 0 Å². The van der Waals surface area contributed by atoms with Crippen molar-refractivity contribution in [2.24, 2.45) is 15.7 Å². The first-order chi connectivity index (χ1) is 14.7. The number of benzene rings is 1. The Hall–Kier alpha value is -2.67. The van der Waals surface area contributed by atoms with E-state index in [1.54, 1.807) is 25.5 Å². The zero-order valence-corrected chi connectivity index (χ0v) is 18.7. The molecule has 30 heavy (non-hydrogen) atoms. The second-order valence-corrected chi connectivity index (χ2v) is 7.56. The highest BCUT2D eigenvalue weighted by atomic mass is 32.2. The van der Waals surface area contributed by atoms with Gasteiger partial charge in [-0.05, 0) is 61.6 Å². The molecule has 2 aromatic rings. The van der Waals surface area contributed by atoms with Crippen molar-refractivity contribution in [3.05, 3.63) is 60.3 Å². The molecule has 1 fully saturated rings. The van der Waals surface area contributed by atoms with Gasteiger partial charge in [0.2, 0.25) is 5.96 Å². The van der Waals surface area contributed by atoms with Gasteiger partial charge in [0.1, 0.15) is 5.82 Å². The minimum Gasteiger partial charge on any atom is -0.368 e. The van der Waals surface area contributed by atoms with Crippen molar-refractivity contribution in [2.75, 3.05) is 12.4 Å². The zero-order chi connectivity index (χ0) is 21.8. The number of nitrogens with zero attached hydrogens (tertiary/aromatic N) is 3. The summed E-state index contributed by atoms with van der Waals surface area (Å²) in [4.78, 5) is 13.9. The van der Waals surface area contributed by atoms with Crippen LogP contribution in [0.15, 0.2) is 74.3 Å². The van der Waals surface area contributed by atoms with Crippen LogP contribution in [0, 0.1) is 5.82 Å². The summed E-state index contributed by atoms with van der Waals surface area (Å²) in [6.07, 6.45) is 10.5. The molecule has 0 radical (unpaired) electrons. The molecule has 1 aliphatic carbocycles. The summed E-state index contributed by atoms with van der Waals surface area (Å²) in [6.45, 7) is 4.00. The lowest BCUT2D eigenvalue weighted by atomic mass is 10.1. The number of hydrogen-bond acceptors (Lipinski definition) is 4. The monoisotopic (exact) mass is 427 g/mol. The van der Waals surface area contributed by atoms with Crippen LogP contribution in [0.25, 0.3) is 0 Å². The quantitative estimate of drug-likeness (QED) is 0.354. The van der Waals surface area contributed by atoms with Crippen molar-refractivity contribution < 1.29 is 4.39 Å². The molecule has 3 rings (SSSR count). The van der Waals surface area contributed by atoms with Gasteiger partial charge in [-0.2, -0.15) is 0 Å². The Morgan fingerprint density at radius 1 is 1.13 bits per heavy atom. The van der Waals surface area contributed by atoms with E-state index >= 15 is 0 Å².